The monoisotopic (exact) mass is 540 g/mol. The van der Waals surface area contributed by atoms with Gasteiger partial charge in [-0.15, -0.1) is 0 Å². The van der Waals surface area contributed by atoms with Gasteiger partial charge in [-0.2, -0.15) is 5.26 Å². The number of nitrogens with zero attached hydrogens (tertiary/aromatic N) is 5. The number of carbonyl (C=O) groups excluding carboxylic acids is 1. The van der Waals surface area contributed by atoms with Gasteiger partial charge in [0.1, 0.15) is 11.2 Å². The number of rotatable bonds is 9. The minimum Gasteiger partial charge on any atom is -0.356 e. The third kappa shape index (κ3) is 6.95. The highest BCUT2D eigenvalue weighted by molar-refractivity contribution is 6.31. The summed E-state index contributed by atoms with van der Waals surface area (Å²) in [5.41, 5.74) is 2.17. The zero-order valence-corrected chi connectivity index (χ0v) is 23.3. The number of halogens is 1. The molecular formula is C31H33ClN6O. The lowest BCUT2D eigenvalue weighted by molar-refractivity contribution is -0.124. The number of allylic oxidation sites excluding steroid dienone is 4. The van der Waals surface area contributed by atoms with Crippen LogP contribution in [0.5, 0.6) is 0 Å². The Bertz CT molecular complexity index is 1410. The molecule has 4 rings (SSSR count). The van der Waals surface area contributed by atoms with Crippen LogP contribution in [0.25, 0.3) is 11.4 Å². The largest absolute Gasteiger partial charge is 0.356 e. The van der Waals surface area contributed by atoms with E-state index in [1.54, 1.807) is 30.5 Å². The van der Waals surface area contributed by atoms with Gasteiger partial charge in [-0.1, -0.05) is 48.8 Å². The summed E-state index contributed by atoms with van der Waals surface area (Å²) in [4.78, 5) is 26.7. The molecule has 1 aromatic heterocycles. The number of carbonyl (C=O) groups is 1. The summed E-state index contributed by atoms with van der Waals surface area (Å²) in [6.07, 6.45) is 9.16. The van der Waals surface area contributed by atoms with Crippen molar-refractivity contribution in [3.63, 3.8) is 0 Å². The van der Waals surface area contributed by atoms with Gasteiger partial charge in [-0.25, -0.2) is 9.97 Å². The maximum Gasteiger partial charge on any atom is 0.240 e. The molecule has 8 heteroatoms. The Kier molecular flexibility index (Phi) is 8.86. The van der Waals surface area contributed by atoms with Gasteiger partial charge < -0.3 is 15.1 Å². The molecule has 1 aromatic carbocycles. The molecule has 2 aromatic rings. The molecule has 1 unspecified atom stereocenters. The first-order valence-electron chi connectivity index (χ1n) is 13.0. The van der Waals surface area contributed by atoms with E-state index in [-0.39, 0.29) is 12.5 Å². The van der Waals surface area contributed by atoms with Crippen molar-refractivity contribution in [2.45, 2.75) is 25.8 Å². The van der Waals surface area contributed by atoms with Gasteiger partial charge in [-0.05, 0) is 63.6 Å². The third-order valence-electron chi connectivity index (χ3n) is 6.91. The molecule has 2 aliphatic rings. The van der Waals surface area contributed by atoms with E-state index in [0.717, 1.165) is 54.1 Å². The molecule has 0 bridgehead atoms. The summed E-state index contributed by atoms with van der Waals surface area (Å²) in [7, 11) is 4.17. The second kappa shape index (κ2) is 12.3. The molecule has 1 N–H and O–H groups in total. The average Bonchev–Trinajstić information content (AvgIpc) is 3.60. The topological polar surface area (TPSA) is 85.1 Å². The maximum absolute atomic E-state index is 12.6. The third-order valence-corrected chi connectivity index (χ3v) is 7.13. The van der Waals surface area contributed by atoms with Crippen LogP contribution in [0.15, 0.2) is 61.4 Å². The zero-order valence-electron chi connectivity index (χ0n) is 22.5. The smallest absolute Gasteiger partial charge is 0.240 e. The van der Waals surface area contributed by atoms with Crippen molar-refractivity contribution in [3.05, 3.63) is 77.5 Å². The molecule has 0 spiro atoms. The molecule has 2 heterocycles. The van der Waals surface area contributed by atoms with Gasteiger partial charge >= 0.3 is 0 Å². The van der Waals surface area contributed by atoms with Gasteiger partial charge in [0, 0.05) is 59.7 Å². The first kappa shape index (κ1) is 28.1. The lowest BCUT2D eigenvalue weighted by Gasteiger charge is -2.22. The van der Waals surface area contributed by atoms with E-state index >= 15 is 0 Å². The Morgan fingerprint density at radius 1 is 1.33 bits per heavy atom. The Balaban J connectivity index is 1.65. The second-order valence-electron chi connectivity index (χ2n) is 10.3. The molecular weight excluding hydrogens is 508 g/mol. The number of aromatic nitrogens is 2. The SMILES string of the molecule is C=C/C=C(/C#Cc1cc(Cl)cc(-c2ncc(CNC(=O)C3(C#N)CC3)c(N3CCC(CN(C)C)C3)n2)c1)C=C. The molecule has 2 fully saturated rings. The predicted molar refractivity (Wildman–Crippen MR) is 156 cm³/mol. The molecule has 1 aliphatic heterocycles. The average molecular weight is 541 g/mol. The predicted octanol–water partition coefficient (Wildman–Crippen LogP) is 4.75. The Labute approximate surface area is 235 Å². The molecule has 1 amide bonds. The van der Waals surface area contributed by atoms with Crippen molar-refractivity contribution >= 4 is 23.3 Å². The fourth-order valence-electron chi connectivity index (χ4n) is 4.71. The molecule has 1 atom stereocenters. The highest BCUT2D eigenvalue weighted by Crippen LogP contribution is 2.45. The van der Waals surface area contributed by atoms with Crippen LogP contribution in [0.4, 0.5) is 5.82 Å². The normalized spacial score (nSPS) is 17.7. The van der Waals surface area contributed by atoms with Crippen LogP contribution in [0.3, 0.4) is 0 Å². The molecule has 1 saturated carbocycles. The van der Waals surface area contributed by atoms with E-state index < -0.39 is 5.41 Å². The molecule has 39 heavy (non-hydrogen) atoms. The van der Waals surface area contributed by atoms with Crippen molar-refractivity contribution in [1.82, 2.24) is 20.2 Å². The summed E-state index contributed by atoms with van der Waals surface area (Å²) in [5.74, 6) is 7.82. The van der Waals surface area contributed by atoms with Crippen molar-refractivity contribution in [1.29, 1.82) is 5.26 Å². The summed E-state index contributed by atoms with van der Waals surface area (Å²) < 4.78 is 0. The molecule has 1 saturated heterocycles. The van der Waals surface area contributed by atoms with Crippen LogP contribution in [-0.2, 0) is 11.3 Å². The van der Waals surface area contributed by atoms with E-state index in [4.69, 9.17) is 16.6 Å². The Hall–Kier alpha value is -3.91. The first-order valence-corrected chi connectivity index (χ1v) is 13.4. The maximum atomic E-state index is 12.6. The van der Waals surface area contributed by atoms with Crippen LogP contribution in [0.1, 0.15) is 30.4 Å². The van der Waals surface area contributed by atoms with Gasteiger partial charge in [0.25, 0.3) is 0 Å². The van der Waals surface area contributed by atoms with E-state index in [2.05, 4.69) is 65.3 Å². The van der Waals surface area contributed by atoms with E-state index in [0.29, 0.717) is 29.6 Å². The number of nitrogens with one attached hydrogen (secondary N) is 1. The minimum absolute atomic E-state index is 0.227. The highest BCUT2D eigenvalue weighted by atomic mass is 35.5. The molecule has 200 valence electrons. The number of anilines is 1. The lowest BCUT2D eigenvalue weighted by Crippen LogP contribution is -2.32. The fourth-order valence-corrected chi connectivity index (χ4v) is 4.94. The molecule has 1 aliphatic carbocycles. The van der Waals surface area contributed by atoms with Crippen molar-refractivity contribution < 1.29 is 4.79 Å². The fraction of sp³-hybridized carbons (Fsp3) is 0.355. The van der Waals surface area contributed by atoms with Crippen LogP contribution in [0.2, 0.25) is 5.02 Å². The van der Waals surface area contributed by atoms with Crippen LogP contribution < -0.4 is 10.2 Å². The summed E-state index contributed by atoms with van der Waals surface area (Å²) in [5, 5.41) is 12.9. The van der Waals surface area contributed by atoms with Crippen molar-refractivity contribution in [2.24, 2.45) is 11.3 Å². The van der Waals surface area contributed by atoms with Crippen LogP contribution >= 0.6 is 11.6 Å². The number of amides is 1. The second-order valence-corrected chi connectivity index (χ2v) is 10.8. The van der Waals surface area contributed by atoms with E-state index in [1.807, 2.05) is 12.1 Å². The summed E-state index contributed by atoms with van der Waals surface area (Å²) in [6.45, 7) is 10.5. The van der Waals surface area contributed by atoms with Crippen molar-refractivity contribution in [3.8, 4) is 29.3 Å². The Morgan fingerprint density at radius 2 is 2.13 bits per heavy atom. The molecule has 0 radical (unpaired) electrons. The number of nitriles is 1. The standard InChI is InChI=1S/C31H33ClN6O/c1-5-7-22(6-2)8-9-23-14-25(16-27(32)15-23)28-34-17-26(18-35-30(39)31(21-33)11-12-31)29(36-28)38-13-10-24(20-38)19-37(3)4/h5-7,14-17,24H,1-2,10-13,18-20H2,3-4H3,(H,35,39)/b22-7+. The Morgan fingerprint density at radius 3 is 2.79 bits per heavy atom. The van der Waals surface area contributed by atoms with E-state index in [1.165, 1.54) is 0 Å². The quantitative estimate of drug-likeness (QED) is 0.365. The number of benzene rings is 1. The highest BCUT2D eigenvalue weighted by Gasteiger charge is 2.50. The van der Waals surface area contributed by atoms with Crippen LogP contribution in [-0.4, -0.2) is 54.5 Å². The minimum atomic E-state index is -0.879. The zero-order chi connectivity index (χ0) is 28.0. The summed E-state index contributed by atoms with van der Waals surface area (Å²) >= 11 is 6.46. The number of hydrogen-bond acceptors (Lipinski definition) is 6. The van der Waals surface area contributed by atoms with Crippen LogP contribution in [0, 0.1) is 34.5 Å². The lowest BCUT2D eigenvalue weighted by atomic mass is 10.1. The van der Waals surface area contributed by atoms with Gasteiger partial charge in [0.15, 0.2) is 5.82 Å². The van der Waals surface area contributed by atoms with Gasteiger partial charge in [-0.3, -0.25) is 4.79 Å². The van der Waals surface area contributed by atoms with E-state index in [9.17, 15) is 10.1 Å². The first-order chi connectivity index (χ1) is 18.8. The molecule has 7 nitrogen and oxygen atoms in total. The van der Waals surface area contributed by atoms with Gasteiger partial charge in [0.05, 0.1) is 6.07 Å². The summed E-state index contributed by atoms with van der Waals surface area (Å²) in [6, 6.07) is 7.69. The van der Waals surface area contributed by atoms with Gasteiger partial charge in [0.2, 0.25) is 5.91 Å². The van der Waals surface area contributed by atoms with Crippen molar-refractivity contribution in [2.75, 3.05) is 38.6 Å². The number of hydrogen-bond donors (Lipinski definition) is 1.